The molecule has 4 heteroatoms. The Morgan fingerprint density at radius 1 is 1.24 bits per heavy atom. The topological polar surface area (TPSA) is 38.9 Å². The van der Waals surface area contributed by atoms with Crippen molar-refractivity contribution in [2.24, 2.45) is 0 Å². The molecular formula is C13H13FN2S. The normalized spacial score (nSPS) is 10.4. The molecule has 1 aromatic carbocycles. The Hall–Kier alpha value is -1.55. The van der Waals surface area contributed by atoms with Crippen LogP contribution in [0.15, 0.2) is 47.5 Å². The summed E-state index contributed by atoms with van der Waals surface area (Å²) in [5.41, 5.74) is 7.28. The van der Waals surface area contributed by atoms with Crippen LogP contribution < -0.4 is 5.73 Å². The number of aromatic nitrogens is 1. The molecule has 0 bridgehead atoms. The van der Waals surface area contributed by atoms with Gasteiger partial charge in [-0.2, -0.15) is 0 Å². The van der Waals surface area contributed by atoms with Crippen molar-refractivity contribution in [1.29, 1.82) is 0 Å². The van der Waals surface area contributed by atoms with Crippen LogP contribution in [0.3, 0.4) is 0 Å². The molecule has 2 nitrogen and oxygen atoms in total. The second-order valence-electron chi connectivity index (χ2n) is 3.60. The van der Waals surface area contributed by atoms with Gasteiger partial charge in [0, 0.05) is 28.2 Å². The van der Waals surface area contributed by atoms with Gasteiger partial charge in [-0.05, 0) is 36.8 Å². The number of nitrogen functional groups attached to an aromatic ring is 1. The fourth-order valence-corrected chi connectivity index (χ4v) is 2.38. The van der Waals surface area contributed by atoms with Crippen molar-refractivity contribution >= 4 is 17.4 Å². The van der Waals surface area contributed by atoms with Crippen molar-refractivity contribution in [1.82, 2.24) is 4.98 Å². The second kappa shape index (κ2) is 5.68. The number of hydrogen-bond donors (Lipinski definition) is 1. The molecule has 0 aliphatic heterocycles. The van der Waals surface area contributed by atoms with Gasteiger partial charge in [0.2, 0.25) is 0 Å². The molecule has 0 aliphatic carbocycles. The Kier molecular flexibility index (Phi) is 3.98. The number of nitrogens with zero attached hydrogens (tertiary/aromatic N) is 1. The molecule has 0 atom stereocenters. The Morgan fingerprint density at radius 3 is 2.82 bits per heavy atom. The van der Waals surface area contributed by atoms with Crippen molar-refractivity contribution in [3.05, 3.63) is 54.1 Å². The van der Waals surface area contributed by atoms with E-state index >= 15 is 0 Å². The first-order chi connectivity index (χ1) is 8.25. The van der Waals surface area contributed by atoms with Crippen LogP contribution in [0, 0.1) is 5.82 Å². The summed E-state index contributed by atoms with van der Waals surface area (Å²) in [6.45, 7) is 0. The summed E-state index contributed by atoms with van der Waals surface area (Å²) in [7, 11) is 0. The number of thioether (sulfide) groups is 1. The second-order valence-corrected chi connectivity index (χ2v) is 4.74. The number of aryl methyl sites for hydroxylation is 1. The third kappa shape index (κ3) is 3.46. The molecule has 2 N–H and O–H groups in total. The minimum atomic E-state index is -0.295. The summed E-state index contributed by atoms with van der Waals surface area (Å²) < 4.78 is 12.8. The van der Waals surface area contributed by atoms with E-state index in [1.165, 1.54) is 12.1 Å². The maximum atomic E-state index is 12.8. The molecule has 2 aromatic rings. The number of anilines is 1. The molecule has 0 fully saturated rings. The van der Waals surface area contributed by atoms with Gasteiger partial charge in [0.05, 0.1) is 0 Å². The van der Waals surface area contributed by atoms with Crippen molar-refractivity contribution in [2.75, 3.05) is 11.5 Å². The van der Waals surface area contributed by atoms with E-state index in [2.05, 4.69) is 4.98 Å². The Morgan fingerprint density at radius 2 is 2.12 bits per heavy atom. The first-order valence-electron chi connectivity index (χ1n) is 5.33. The largest absolute Gasteiger partial charge is 0.398 e. The SMILES string of the molecule is Nc1cc(F)ccc1SCCc1ccccn1. The molecule has 1 aromatic heterocycles. The van der Waals surface area contributed by atoms with Gasteiger partial charge >= 0.3 is 0 Å². The van der Waals surface area contributed by atoms with E-state index in [4.69, 9.17) is 5.73 Å². The Balaban J connectivity index is 1.90. The highest BCUT2D eigenvalue weighted by molar-refractivity contribution is 7.99. The van der Waals surface area contributed by atoms with Crippen LogP contribution in [0.4, 0.5) is 10.1 Å². The van der Waals surface area contributed by atoms with Crippen LogP contribution in [0.2, 0.25) is 0 Å². The van der Waals surface area contributed by atoms with E-state index in [0.29, 0.717) is 5.69 Å². The number of halogens is 1. The lowest BCUT2D eigenvalue weighted by Gasteiger charge is -2.05. The number of benzene rings is 1. The monoisotopic (exact) mass is 248 g/mol. The van der Waals surface area contributed by atoms with Crippen LogP contribution in [-0.2, 0) is 6.42 Å². The molecule has 0 saturated heterocycles. The molecule has 88 valence electrons. The van der Waals surface area contributed by atoms with Crippen molar-refractivity contribution in [3.63, 3.8) is 0 Å². The number of rotatable bonds is 4. The van der Waals surface area contributed by atoms with Gasteiger partial charge in [-0.15, -0.1) is 11.8 Å². The van der Waals surface area contributed by atoms with E-state index in [-0.39, 0.29) is 5.82 Å². The molecular weight excluding hydrogens is 235 g/mol. The first kappa shape index (κ1) is 11.9. The minimum absolute atomic E-state index is 0.295. The maximum absolute atomic E-state index is 12.8. The molecule has 0 saturated carbocycles. The standard InChI is InChI=1S/C13H13FN2S/c14-10-4-5-13(12(15)9-10)17-8-6-11-3-1-2-7-16-11/h1-5,7,9H,6,8,15H2. The zero-order valence-corrected chi connectivity index (χ0v) is 10.1. The van der Waals surface area contributed by atoms with Gasteiger partial charge in [-0.3, -0.25) is 4.98 Å². The summed E-state index contributed by atoms with van der Waals surface area (Å²) in [6, 6.07) is 10.4. The van der Waals surface area contributed by atoms with E-state index < -0.39 is 0 Å². The van der Waals surface area contributed by atoms with Crippen LogP contribution in [0.5, 0.6) is 0 Å². The van der Waals surface area contributed by atoms with Crippen LogP contribution in [0.1, 0.15) is 5.69 Å². The van der Waals surface area contributed by atoms with E-state index in [1.807, 2.05) is 18.2 Å². The highest BCUT2D eigenvalue weighted by atomic mass is 32.2. The van der Waals surface area contributed by atoms with Gasteiger partial charge in [0.25, 0.3) is 0 Å². The Labute approximate surface area is 104 Å². The van der Waals surface area contributed by atoms with E-state index in [9.17, 15) is 4.39 Å². The lowest BCUT2D eigenvalue weighted by atomic mass is 10.3. The minimum Gasteiger partial charge on any atom is -0.398 e. The summed E-state index contributed by atoms with van der Waals surface area (Å²) in [5, 5.41) is 0. The zero-order valence-electron chi connectivity index (χ0n) is 9.27. The van der Waals surface area contributed by atoms with Gasteiger partial charge in [0.1, 0.15) is 5.82 Å². The molecule has 0 unspecified atom stereocenters. The van der Waals surface area contributed by atoms with Gasteiger partial charge in [0.15, 0.2) is 0 Å². The fraction of sp³-hybridized carbons (Fsp3) is 0.154. The molecule has 0 spiro atoms. The lowest BCUT2D eigenvalue weighted by Crippen LogP contribution is -1.94. The molecule has 2 rings (SSSR count). The van der Waals surface area contributed by atoms with Crippen LogP contribution in [0.25, 0.3) is 0 Å². The number of nitrogens with two attached hydrogens (primary N) is 1. The van der Waals surface area contributed by atoms with E-state index in [0.717, 1.165) is 22.8 Å². The summed E-state index contributed by atoms with van der Waals surface area (Å²) in [6.07, 6.45) is 2.66. The summed E-state index contributed by atoms with van der Waals surface area (Å²) in [4.78, 5) is 5.16. The average Bonchev–Trinajstić information content (AvgIpc) is 2.33. The zero-order chi connectivity index (χ0) is 12.1. The van der Waals surface area contributed by atoms with Gasteiger partial charge < -0.3 is 5.73 Å². The van der Waals surface area contributed by atoms with Crippen molar-refractivity contribution in [3.8, 4) is 0 Å². The lowest BCUT2D eigenvalue weighted by molar-refractivity contribution is 0.627. The predicted molar refractivity (Wildman–Crippen MR) is 69.5 cm³/mol. The molecule has 0 aliphatic rings. The molecule has 0 amide bonds. The van der Waals surface area contributed by atoms with Crippen LogP contribution >= 0.6 is 11.8 Å². The van der Waals surface area contributed by atoms with Crippen molar-refractivity contribution in [2.45, 2.75) is 11.3 Å². The number of pyridine rings is 1. The number of hydrogen-bond acceptors (Lipinski definition) is 3. The quantitative estimate of drug-likeness (QED) is 0.667. The Bertz CT molecular complexity index is 488. The molecule has 1 heterocycles. The highest BCUT2D eigenvalue weighted by Crippen LogP contribution is 2.25. The average molecular weight is 248 g/mol. The fourth-order valence-electron chi connectivity index (χ4n) is 1.46. The predicted octanol–water partition coefficient (Wildman–Crippen LogP) is 3.14. The molecule has 0 radical (unpaired) electrons. The van der Waals surface area contributed by atoms with E-state index in [1.54, 1.807) is 24.0 Å². The third-order valence-electron chi connectivity index (χ3n) is 2.31. The van der Waals surface area contributed by atoms with Gasteiger partial charge in [-0.25, -0.2) is 4.39 Å². The van der Waals surface area contributed by atoms with Crippen LogP contribution in [-0.4, -0.2) is 10.7 Å². The highest BCUT2D eigenvalue weighted by Gasteiger charge is 2.02. The first-order valence-corrected chi connectivity index (χ1v) is 6.32. The van der Waals surface area contributed by atoms with Crippen molar-refractivity contribution < 1.29 is 4.39 Å². The third-order valence-corrected chi connectivity index (χ3v) is 3.40. The van der Waals surface area contributed by atoms with Gasteiger partial charge in [-0.1, -0.05) is 6.07 Å². The maximum Gasteiger partial charge on any atom is 0.125 e. The smallest absolute Gasteiger partial charge is 0.125 e. The summed E-state index contributed by atoms with van der Waals surface area (Å²) >= 11 is 1.62. The summed E-state index contributed by atoms with van der Waals surface area (Å²) in [5.74, 6) is 0.587. The molecule has 17 heavy (non-hydrogen) atoms.